The van der Waals surface area contributed by atoms with Gasteiger partial charge in [-0.3, -0.25) is 18.7 Å². The summed E-state index contributed by atoms with van der Waals surface area (Å²) >= 11 is 1.08. The zero-order chi connectivity index (χ0) is 26.9. The Balaban J connectivity index is 1.51. The second-order valence-corrected chi connectivity index (χ2v) is 9.47. The number of rotatable bonds is 9. The highest BCUT2D eigenvalue weighted by Gasteiger charge is 2.22. The maximum absolute atomic E-state index is 14.5. The van der Waals surface area contributed by atoms with Crippen molar-refractivity contribution in [1.82, 2.24) is 14.1 Å². The zero-order valence-corrected chi connectivity index (χ0v) is 21.6. The summed E-state index contributed by atoms with van der Waals surface area (Å²) in [7, 11) is 2.83. The summed E-state index contributed by atoms with van der Waals surface area (Å²) in [5.41, 5.74) is -0.165. The molecule has 0 radical (unpaired) electrons. The van der Waals surface area contributed by atoms with Crippen LogP contribution in [-0.4, -0.2) is 26.6 Å². The summed E-state index contributed by atoms with van der Waals surface area (Å²) in [4.78, 5) is 41.9. The van der Waals surface area contributed by atoms with Gasteiger partial charge in [-0.05, 0) is 25.5 Å². The first-order valence-corrected chi connectivity index (χ1v) is 12.6. The first-order valence-electron chi connectivity index (χ1n) is 11.7. The lowest BCUT2D eigenvalue weighted by Crippen LogP contribution is -2.36. The number of hydrogen-bond acceptors (Lipinski definition) is 7. The molecule has 0 aliphatic rings. The third-order valence-corrected chi connectivity index (χ3v) is 6.72. The average molecular weight is 533 g/mol. The lowest BCUT2D eigenvalue weighted by atomic mass is 10.1. The van der Waals surface area contributed by atoms with Crippen molar-refractivity contribution in [3.8, 4) is 17.0 Å². The molecule has 4 rings (SSSR count). The number of nitrogens with one attached hydrogen (secondary N) is 1. The molecule has 1 amide bonds. The summed E-state index contributed by atoms with van der Waals surface area (Å²) in [5.74, 6) is -2.22. The fraction of sp³-hybridized carbons (Fsp3) is 0.360. The number of ether oxygens (including phenoxy) is 1. The minimum Gasteiger partial charge on any atom is -0.488 e. The predicted molar refractivity (Wildman–Crippen MR) is 136 cm³/mol. The van der Waals surface area contributed by atoms with Crippen LogP contribution in [-0.2, 0) is 25.3 Å². The van der Waals surface area contributed by atoms with Gasteiger partial charge in [-0.25, -0.2) is 18.6 Å². The van der Waals surface area contributed by atoms with Gasteiger partial charge >= 0.3 is 5.69 Å². The number of aryl methyl sites for hydroxylation is 2. The minimum atomic E-state index is -0.830. The molecule has 0 fully saturated rings. The summed E-state index contributed by atoms with van der Waals surface area (Å²) in [6.45, 7) is 3.85. The molecule has 37 heavy (non-hydrogen) atoms. The number of furan rings is 1. The molecule has 3 aromatic heterocycles. The average Bonchev–Trinajstić information content (AvgIpc) is 3.45. The first kappa shape index (κ1) is 26.3. The fourth-order valence-corrected chi connectivity index (χ4v) is 4.69. The Morgan fingerprint density at radius 2 is 1.86 bits per heavy atom. The quantitative estimate of drug-likeness (QED) is 0.322. The zero-order valence-electron chi connectivity index (χ0n) is 20.8. The number of fused-ring (bicyclic) bond motifs is 1. The number of carbonyl (C=O) groups is 1. The van der Waals surface area contributed by atoms with Gasteiger partial charge in [0.25, 0.3) is 5.56 Å². The normalized spacial score (nSPS) is 11.3. The minimum absolute atomic E-state index is 0.0896. The number of unbranched alkanes of at least 4 members (excludes halogenated alkanes) is 2. The van der Waals surface area contributed by atoms with E-state index in [0.29, 0.717) is 17.7 Å². The van der Waals surface area contributed by atoms with E-state index in [0.717, 1.165) is 40.9 Å². The van der Waals surface area contributed by atoms with Crippen LogP contribution in [0.2, 0.25) is 0 Å². The van der Waals surface area contributed by atoms with Gasteiger partial charge in [-0.15, -0.1) is 11.3 Å². The number of halogens is 2. The largest absolute Gasteiger partial charge is 0.488 e. The molecular formula is C25H26F2N4O5S. The van der Waals surface area contributed by atoms with Gasteiger partial charge in [-0.1, -0.05) is 19.8 Å². The smallest absolute Gasteiger partial charge is 0.333 e. The van der Waals surface area contributed by atoms with E-state index in [2.05, 4.69) is 10.3 Å². The Labute approximate surface area is 214 Å². The third kappa shape index (κ3) is 5.19. The molecule has 3 heterocycles. The van der Waals surface area contributed by atoms with Crippen LogP contribution in [0.1, 0.15) is 37.5 Å². The van der Waals surface area contributed by atoms with E-state index >= 15 is 0 Å². The topological polar surface area (TPSA) is 108 Å². The highest BCUT2D eigenvalue weighted by Crippen LogP contribution is 2.31. The molecule has 4 aromatic rings. The summed E-state index contributed by atoms with van der Waals surface area (Å²) in [6.07, 6.45) is 2.37. The fourth-order valence-electron chi connectivity index (χ4n) is 3.96. The van der Waals surface area contributed by atoms with Crippen molar-refractivity contribution in [2.45, 2.75) is 39.5 Å². The number of anilines is 1. The Kier molecular flexibility index (Phi) is 7.58. The van der Waals surface area contributed by atoms with Crippen LogP contribution in [0.3, 0.4) is 0 Å². The highest BCUT2D eigenvalue weighted by molar-refractivity contribution is 7.14. The molecule has 0 aliphatic carbocycles. The first-order chi connectivity index (χ1) is 17.6. The maximum atomic E-state index is 14.5. The van der Waals surface area contributed by atoms with Crippen molar-refractivity contribution in [3.05, 3.63) is 61.3 Å². The lowest BCUT2D eigenvalue weighted by molar-refractivity contribution is -0.115. The third-order valence-electron chi connectivity index (χ3n) is 5.96. The maximum Gasteiger partial charge on any atom is 0.333 e. The molecule has 0 unspecified atom stereocenters. The van der Waals surface area contributed by atoms with E-state index in [-0.39, 0.29) is 40.5 Å². The van der Waals surface area contributed by atoms with Gasteiger partial charge in [0.2, 0.25) is 11.6 Å². The van der Waals surface area contributed by atoms with Crippen molar-refractivity contribution in [1.29, 1.82) is 0 Å². The second-order valence-electron chi connectivity index (χ2n) is 8.61. The van der Waals surface area contributed by atoms with Crippen LogP contribution in [0.4, 0.5) is 13.9 Å². The van der Waals surface area contributed by atoms with Gasteiger partial charge in [0.15, 0.2) is 22.5 Å². The Morgan fingerprint density at radius 1 is 1.16 bits per heavy atom. The van der Waals surface area contributed by atoms with Gasteiger partial charge in [-0.2, -0.15) is 0 Å². The van der Waals surface area contributed by atoms with Gasteiger partial charge in [0.1, 0.15) is 11.1 Å². The Hall–Kier alpha value is -3.80. The Bertz CT molecular complexity index is 1580. The van der Waals surface area contributed by atoms with Gasteiger partial charge in [0.05, 0.1) is 18.7 Å². The molecule has 1 aromatic carbocycles. The molecule has 0 saturated carbocycles. The molecule has 0 bridgehead atoms. The summed E-state index contributed by atoms with van der Waals surface area (Å²) in [5, 5.41) is 4.57. The lowest BCUT2D eigenvalue weighted by Gasteiger charge is -2.09. The van der Waals surface area contributed by atoms with E-state index in [1.165, 1.54) is 18.7 Å². The summed E-state index contributed by atoms with van der Waals surface area (Å²) in [6, 6.07) is 2.28. The number of hydrogen-bond donors (Lipinski definition) is 1. The Morgan fingerprint density at radius 3 is 2.54 bits per heavy atom. The highest BCUT2D eigenvalue weighted by atomic mass is 32.1. The number of benzene rings is 1. The van der Waals surface area contributed by atoms with Crippen molar-refractivity contribution in [2.75, 3.05) is 11.9 Å². The van der Waals surface area contributed by atoms with E-state index in [9.17, 15) is 23.2 Å². The molecule has 0 spiro atoms. The van der Waals surface area contributed by atoms with Crippen LogP contribution in [0.15, 0.2) is 31.5 Å². The van der Waals surface area contributed by atoms with Gasteiger partial charge < -0.3 is 14.5 Å². The monoisotopic (exact) mass is 532 g/mol. The number of nitrogens with zero attached hydrogens (tertiary/aromatic N) is 3. The van der Waals surface area contributed by atoms with E-state index in [1.807, 2.05) is 6.92 Å². The number of carbonyl (C=O) groups excluding carboxylic acids is 1. The molecule has 196 valence electrons. The molecule has 12 heteroatoms. The van der Waals surface area contributed by atoms with E-state index in [1.54, 1.807) is 12.3 Å². The van der Waals surface area contributed by atoms with Crippen LogP contribution < -0.4 is 21.3 Å². The van der Waals surface area contributed by atoms with Crippen LogP contribution in [0, 0.1) is 18.6 Å². The van der Waals surface area contributed by atoms with Crippen molar-refractivity contribution >= 4 is 33.5 Å². The van der Waals surface area contributed by atoms with Crippen LogP contribution in [0.25, 0.3) is 22.4 Å². The summed E-state index contributed by atoms with van der Waals surface area (Å²) < 4.78 is 42.0. The van der Waals surface area contributed by atoms with Crippen molar-refractivity contribution < 1.29 is 22.7 Å². The second kappa shape index (κ2) is 10.7. The SMILES string of the molecule is CCCCCOc1c(F)cc(-c2csc(NC(=O)Cc3c(C)oc4c3c(=O)n(C)c(=O)n4C)n2)cc1F. The predicted octanol–water partition coefficient (Wildman–Crippen LogP) is 4.29. The van der Waals surface area contributed by atoms with Gasteiger partial charge in [0, 0.05) is 30.6 Å². The molecule has 0 atom stereocenters. The molecule has 9 nitrogen and oxygen atoms in total. The molecule has 1 N–H and O–H groups in total. The van der Waals surface area contributed by atoms with Crippen molar-refractivity contribution in [3.63, 3.8) is 0 Å². The van der Waals surface area contributed by atoms with Crippen LogP contribution >= 0.6 is 11.3 Å². The standard InChI is InChI=1S/C25H26F2N4O5S/c1-5-6-7-8-35-21-16(26)9-14(10-17(21)27)18-12-37-24(28-18)29-19(32)11-15-13(2)36-23-20(15)22(33)30(3)25(34)31(23)4/h9-10,12H,5-8,11H2,1-4H3,(H,28,29,32). The van der Waals surface area contributed by atoms with Crippen molar-refractivity contribution in [2.24, 2.45) is 14.1 Å². The number of amides is 1. The van der Waals surface area contributed by atoms with Crippen LogP contribution in [0.5, 0.6) is 5.75 Å². The molecule has 0 saturated heterocycles. The number of thiazole rings is 1. The van der Waals surface area contributed by atoms with E-state index < -0.39 is 34.5 Å². The number of aromatic nitrogens is 3. The molecular weight excluding hydrogens is 506 g/mol. The molecule has 0 aliphatic heterocycles. The van der Waals surface area contributed by atoms with E-state index in [4.69, 9.17) is 9.15 Å².